The summed E-state index contributed by atoms with van der Waals surface area (Å²) in [7, 11) is 0. The molecule has 2 atom stereocenters. The zero-order chi connectivity index (χ0) is 14.6. The maximum absolute atomic E-state index is 12.8. The van der Waals surface area contributed by atoms with Gasteiger partial charge in [0.1, 0.15) is 6.10 Å². The number of rotatable bonds is 1. The number of hydrogen-bond acceptors (Lipinski definition) is 3. The average molecular weight is 279 g/mol. The summed E-state index contributed by atoms with van der Waals surface area (Å²) in [5.74, 6) is -0.325. The Morgan fingerprint density at radius 1 is 1.10 bits per heavy atom. The molecule has 1 saturated heterocycles. The van der Waals surface area contributed by atoms with Crippen molar-refractivity contribution in [2.45, 2.75) is 18.8 Å². The number of hydrogen-bond donors (Lipinski definition) is 0. The molecule has 0 aliphatic carbocycles. The van der Waals surface area contributed by atoms with Gasteiger partial charge in [0, 0.05) is 12.5 Å². The van der Waals surface area contributed by atoms with Crippen LogP contribution in [0.15, 0.2) is 54.6 Å². The molecule has 0 bridgehead atoms. The molecule has 2 aliphatic heterocycles. The average Bonchev–Trinajstić information content (AvgIpc) is 3.18. The van der Waals surface area contributed by atoms with Gasteiger partial charge in [-0.2, -0.15) is 0 Å². The van der Waals surface area contributed by atoms with Gasteiger partial charge in [-0.1, -0.05) is 42.5 Å². The number of benzene rings is 2. The Kier molecular flexibility index (Phi) is 2.35. The van der Waals surface area contributed by atoms with E-state index < -0.39 is 11.8 Å². The van der Waals surface area contributed by atoms with E-state index in [0.717, 1.165) is 5.56 Å². The Hall–Kier alpha value is -2.46. The molecule has 1 fully saturated rings. The fraction of sp³-hybridized carbons (Fsp3) is 0.176. The van der Waals surface area contributed by atoms with Crippen molar-refractivity contribution in [1.29, 1.82) is 0 Å². The topological polar surface area (TPSA) is 49.9 Å². The van der Waals surface area contributed by atoms with Gasteiger partial charge in [-0.05, 0) is 17.7 Å². The van der Waals surface area contributed by atoms with Crippen LogP contribution in [0.3, 0.4) is 0 Å². The maximum atomic E-state index is 12.8. The molecule has 104 valence electrons. The Balaban J connectivity index is 1.84. The van der Waals surface area contributed by atoms with Crippen LogP contribution < -0.4 is 4.90 Å². The maximum Gasteiger partial charge on any atom is 0.244 e. The number of nitrogens with zero attached hydrogens (tertiary/aromatic N) is 1. The molecular weight excluding hydrogens is 266 g/mol. The third-order valence-electron chi connectivity index (χ3n) is 4.06. The predicted octanol–water partition coefficient (Wildman–Crippen LogP) is 2.70. The van der Waals surface area contributed by atoms with Crippen LogP contribution in [0.5, 0.6) is 0 Å². The predicted molar refractivity (Wildman–Crippen MR) is 76.9 cm³/mol. The number of amides is 1. The van der Waals surface area contributed by atoms with Gasteiger partial charge >= 0.3 is 0 Å². The van der Waals surface area contributed by atoms with Crippen molar-refractivity contribution >= 4 is 17.4 Å². The van der Waals surface area contributed by atoms with E-state index in [9.17, 15) is 9.59 Å². The standard InChI is InChI=1S/C17H13NO3/c1-11(19)18-14-10-6-5-9-13(14)15(20)17(18)16(21-17)12-7-3-2-4-8-12/h2-10,16H,1H3/t16-,17-/m0/s1. The van der Waals surface area contributed by atoms with Gasteiger partial charge in [0.15, 0.2) is 0 Å². The zero-order valence-corrected chi connectivity index (χ0v) is 11.4. The second-order valence-electron chi connectivity index (χ2n) is 5.31. The molecule has 0 N–H and O–H groups in total. The van der Waals surface area contributed by atoms with Gasteiger partial charge in [-0.3, -0.25) is 14.5 Å². The third kappa shape index (κ3) is 1.48. The number of ketones is 1. The fourth-order valence-corrected chi connectivity index (χ4v) is 3.15. The summed E-state index contributed by atoms with van der Waals surface area (Å²) in [6.45, 7) is 1.46. The molecule has 2 heterocycles. The van der Waals surface area contributed by atoms with Crippen molar-refractivity contribution in [2.75, 3.05) is 4.90 Å². The zero-order valence-electron chi connectivity index (χ0n) is 11.4. The van der Waals surface area contributed by atoms with Crippen molar-refractivity contribution in [1.82, 2.24) is 0 Å². The molecule has 0 aromatic heterocycles. The summed E-state index contributed by atoms with van der Waals surface area (Å²) < 4.78 is 5.78. The number of anilines is 1. The highest BCUT2D eigenvalue weighted by Gasteiger charge is 2.72. The SMILES string of the molecule is CC(=O)N1c2ccccc2C(=O)[C@@]12O[C@H]2c1ccccc1. The molecular formula is C17H13NO3. The highest BCUT2D eigenvalue weighted by atomic mass is 16.6. The van der Waals surface area contributed by atoms with Crippen LogP contribution in [0, 0.1) is 0 Å². The van der Waals surface area contributed by atoms with Crippen molar-refractivity contribution in [2.24, 2.45) is 0 Å². The Morgan fingerprint density at radius 2 is 1.76 bits per heavy atom. The normalized spacial score (nSPS) is 26.0. The lowest BCUT2D eigenvalue weighted by molar-refractivity contribution is -0.117. The van der Waals surface area contributed by atoms with E-state index in [2.05, 4.69) is 0 Å². The summed E-state index contributed by atoms with van der Waals surface area (Å²) in [6, 6.07) is 16.7. The molecule has 2 aromatic carbocycles. The van der Waals surface area contributed by atoms with Crippen LogP contribution in [0.1, 0.15) is 28.9 Å². The van der Waals surface area contributed by atoms with E-state index >= 15 is 0 Å². The second kappa shape index (κ2) is 4.02. The van der Waals surface area contributed by atoms with Gasteiger partial charge < -0.3 is 4.74 Å². The van der Waals surface area contributed by atoms with Crippen LogP contribution in [0.4, 0.5) is 5.69 Å². The first-order chi connectivity index (χ1) is 10.2. The van der Waals surface area contributed by atoms with Crippen molar-refractivity contribution in [3.05, 3.63) is 65.7 Å². The Morgan fingerprint density at radius 3 is 2.48 bits per heavy atom. The Labute approximate surface area is 121 Å². The van der Waals surface area contributed by atoms with Crippen LogP contribution in [0.2, 0.25) is 0 Å². The van der Waals surface area contributed by atoms with Gasteiger partial charge in [-0.15, -0.1) is 0 Å². The molecule has 21 heavy (non-hydrogen) atoms. The van der Waals surface area contributed by atoms with Crippen molar-refractivity contribution < 1.29 is 14.3 Å². The van der Waals surface area contributed by atoms with Gasteiger partial charge in [-0.25, -0.2) is 0 Å². The number of ether oxygens (including phenoxy) is 1. The molecule has 4 nitrogen and oxygen atoms in total. The first-order valence-electron chi connectivity index (χ1n) is 6.83. The minimum absolute atomic E-state index is 0.137. The van der Waals surface area contributed by atoms with E-state index in [1.54, 1.807) is 18.2 Å². The first kappa shape index (κ1) is 12.3. The van der Waals surface area contributed by atoms with Crippen molar-refractivity contribution in [3.8, 4) is 0 Å². The fourth-order valence-electron chi connectivity index (χ4n) is 3.15. The van der Waals surface area contributed by atoms with E-state index in [1.165, 1.54) is 11.8 Å². The smallest absolute Gasteiger partial charge is 0.244 e. The van der Waals surface area contributed by atoms with Gasteiger partial charge in [0.25, 0.3) is 0 Å². The summed E-state index contributed by atoms with van der Waals surface area (Å²) in [4.78, 5) is 26.3. The first-order valence-corrected chi connectivity index (χ1v) is 6.83. The van der Waals surface area contributed by atoms with Gasteiger partial charge in [0.05, 0.1) is 5.69 Å². The molecule has 4 heteroatoms. The second-order valence-corrected chi connectivity index (χ2v) is 5.31. The van der Waals surface area contributed by atoms with Crippen LogP contribution in [0.25, 0.3) is 0 Å². The number of fused-ring (bicyclic) bond motifs is 1. The minimum Gasteiger partial charge on any atom is -0.332 e. The number of carbonyl (C=O) groups excluding carboxylic acids is 2. The van der Waals surface area contributed by atoms with Gasteiger partial charge in [0.2, 0.25) is 17.4 Å². The lowest BCUT2D eigenvalue weighted by atomic mass is 10.0. The molecule has 0 radical (unpaired) electrons. The minimum atomic E-state index is -1.18. The molecule has 2 aromatic rings. The third-order valence-corrected chi connectivity index (χ3v) is 4.06. The van der Waals surface area contributed by atoms with E-state index in [-0.39, 0.29) is 11.7 Å². The molecule has 0 unspecified atom stereocenters. The Bertz CT molecular complexity index is 756. The summed E-state index contributed by atoms with van der Waals surface area (Å²) in [5.41, 5.74) is 0.904. The number of carbonyl (C=O) groups is 2. The van der Waals surface area contributed by atoms with Crippen LogP contribution in [-0.4, -0.2) is 17.4 Å². The summed E-state index contributed by atoms with van der Waals surface area (Å²) in [5, 5.41) is 0. The lowest BCUT2D eigenvalue weighted by Crippen LogP contribution is -2.43. The monoisotopic (exact) mass is 279 g/mol. The highest BCUT2D eigenvalue weighted by Crippen LogP contribution is 2.59. The summed E-state index contributed by atoms with van der Waals surface area (Å²) >= 11 is 0. The lowest BCUT2D eigenvalue weighted by Gasteiger charge is -2.20. The number of Topliss-reactive ketones (excluding diaryl/α,β-unsaturated/α-hetero) is 1. The molecule has 1 spiro atoms. The highest BCUT2D eigenvalue weighted by molar-refractivity contribution is 6.21. The number of epoxide rings is 1. The van der Waals surface area contributed by atoms with E-state index in [1.807, 2.05) is 36.4 Å². The van der Waals surface area contributed by atoms with Crippen LogP contribution >= 0.6 is 0 Å². The number of para-hydroxylation sites is 1. The van der Waals surface area contributed by atoms with E-state index in [4.69, 9.17) is 4.74 Å². The van der Waals surface area contributed by atoms with Crippen LogP contribution in [-0.2, 0) is 9.53 Å². The molecule has 4 rings (SSSR count). The molecule has 1 amide bonds. The quantitative estimate of drug-likeness (QED) is 0.754. The van der Waals surface area contributed by atoms with E-state index in [0.29, 0.717) is 11.3 Å². The largest absolute Gasteiger partial charge is 0.332 e. The molecule has 0 saturated carbocycles. The summed E-state index contributed by atoms with van der Waals surface area (Å²) in [6.07, 6.45) is -0.400. The van der Waals surface area contributed by atoms with Crippen molar-refractivity contribution in [3.63, 3.8) is 0 Å². The molecule has 2 aliphatic rings.